The summed E-state index contributed by atoms with van der Waals surface area (Å²) in [7, 11) is 0. The van der Waals surface area contributed by atoms with Crippen molar-refractivity contribution in [3.05, 3.63) is 63.5 Å². The normalized spacial score (nSPS) is 10.2. The maximum absolute atomic E-state index is 11.9. The molecular weight excluding hydrogens is 282 g/mol. The number of ether oxygens (including phenoxy) is 1. The summed E-state index contributed by atoms with van der Waals surface area (Å²) >= 11 is 5.77. The fourth-order valence-electron chi connectivity index (χ4n) is 1.64. The number of carboxylic acid groups (broad SMARTS) is 1. The van der Waals surface area contributed by atoms with Gasteiger partial charge in [0.1, 0.15) is 13.2 Å². The lowest BCUT2D eigenvalue weighted by atomic mass is 10.2. The number of carbonyl (C=O) groups is 1. The van der Waals surface area contributed by atoms with Gasteiger partial charge >= 0.3 is 5.97 Å². The Bertz CT molecular complexity index is 664. The number of carboxylic acids is 1. The molecule has 0 unspecified atom stereocenters. The van der Waals surface area contributed by atoms with E-state index in [1.54, 1.807) is 30.3 Å². The molecule has 1 N–H and O–H groups in total. The third kappa shape index (κ3) is 3.61. The molecule has 2 aromatic rings. The minimum Gasteiger partial charge on any atom is -0.483 e. The van der Waals surface area contributed by atoms with E-state index in [2.05, 4.69) is 0 Å². The highest BCUT2D eigenvalue weighted by Crippen LogP contribution is 2.11. The van der Waals surface area contributed by atoms with Crippen molar-refractivity contribution in [3.63, 3.8) is 0 Å². The van der Waals surface area contributed by atoms with E-state index in [1.807, 2.05) is 0 Å². The smallest absolute Gasteiger partial charge is 0.323 e. The molecule has 0 saturated carbocycles. The van der Waals surface area contributed by atoms with Crippen LogP contribution in [0, 0.1) is 0 Å². The van der Waals surface area contributed by atoms with Crippen molar-refractivity contribution in [3.8, 4) is 5.75 Å². The van der Waals surface area contributed by atoms with Gasteiger partial charge < -0.3 is 14.4 Å². The third-order valence-electron chi connectivity index (χ3n) is 2.60. The van der Waals surface area contributed by atoms with Crippen molar-refractivity contribution in [2.45, 2.75) is 13.2 Å². The number of rotatable bonds is 5. The average molecular weight is 294 g/mol. The Hall–Kier alpha value is -2.27. The number of aromatic nitrogens is 1. The zero-order valence-electron chi connectivity index (χ0n) is 10.5. The summed E-state index contributed by atoms with van der Waals surface area (Å²) in [5.41, 5.74) is 0.395. The van der Waals surface area contributed by atoms with Crippen LogP contribution in [0.4, 0.5) is 0 Å². The van der Waals surface area contributed by atoms with Crippen LogP contribution in [0.5, 0.6) is 5.75 Å². The van der Waals surface area contributed by atoms with Crippen LogP contribution in [0.1, 0.15) is 5.56 Å². The monoisotopic (exact) mass is 293 g/mol. The van der Waals surface area contributed by atoms with E-state index in [0.717, 1.165) is 10.1 Å². The lowest BCUT2D eigenvalue weighted by Crippen LogP contribution is -2.24. The van der Waals surface area contributed by atoms with Crippen LogP contribution in [-0.2, 0) is 17.9 Å². The molecule has 0 bridgehead atoms. The Labute approximate surface area is 120 Å². The van der Waals surface area contributed by atoms with Crippen LogP contribution in [-0.4, -0.2) is 15.6 Å². The second kappa shape index (κ2) is 6.25. The first-order chi connectivity index (χ1) is 9.56. The second-order valence-electron chi connectivity index (χ2n) is 4.11. The van der Waals surface area contributed by atoms with Gasteiger partial charge in [-0.15, -0.1) is 0 Å². The molecule has 2 rings (SSSR count). The number of pyridine rings is 1. The van der Waals surface area contributed by atoms with Gasteiger partial charge in [-0.2, -0.15) is 0 Å². The molecule has 1 aromatic heterocycles. The van der Waals surface area contributed by atoms with Crippen LogP contribution in [0.15, 0.2) is 47.4 Å². The standard InChI is InChI=1S/C14H12ClNO4/c15-11-5-3-10(4-6-11)9-20-12-2-1-7-16(14(12)19)8-13(17)18/h1-7H,8-9H2,(H,17,18). The Kier molecular flexibility index (Phi) is 4.42. The van der Waals surface area contributed by atoms with Gasteiger partial charge in [-0.05, 0) is 29.8 Å². The minimum atomic E-state index is -1.08. The van der Waals surface area contributed by atoms with Crippen LogP contribution in [0.2, 0.25) is 5.02 Å². The molecule has 1 aromatic carbocycles. The van der Waals surface area contributed by atoms with Gasteiger partial charge in [0.15, 0.2) is 5.75 Å². The van der Waals surface area contributed by atoms with E-state index in [-0.39, 0.29) is 12.4 Å². The molecule has 0 aliphatic heterocycles. The number of hydrogen-bond donors (Lipinski definition) is 1. The van der Waals surface area contributed by atoms with Crippen molar-refractivity contribution in [2.75, 3.05) is 0 Å². The topological polar surface area (TPSA) is 68.5 Å². The molecule has 104 valence electrons. The molecule has 1 heterocycles. The van der Waals surface area contributed by atoms with Crippen LogP contribution >= 0.6 is 11.6 Å². The third-order valence-corrected chi connectivity index (χ3v) is 2.85. The second-order valence-corrected chi connectivity index (χ2v) is 4.55. The largest absolute Gasteiger partial charge is 0.483 e. The number of aliphatic carboxylic acids is 1. The van der Waals surface area contributed by atoms with Crippen LogP contribution in [0.25, 0.3) is 0 Å². The lowest BCUT2D eigenvalue weighted by molar-refractivity contribution is -0.137. The van der Waals surface area contributed by atoms with Gasteiger partial charge in [0.2, 0.25) is 0 Å². The number of nitrogens with zero attached hydrogens (tertiary/aromatic N) is 1. The first kappa shape index (κ1) is 14.1. The van der Waals surface area contributed by atoms with E-state index in [1.165, 1.54) is 12.3 Å². The first-order valence-corrected chi connectivity index (χ1v) is 6.22. The van der Waals surface area contributed by atoms with E-state index in [9.17, 15) is 9.59 Å². The van der Waals surface area contributed by atoms with Crippen LogP contribution in [0.3, 0.4) is 0 Å². The molecule has 20 heavy (non-hydrogen) atoms. The zero-order chi connectivity index (χ0) is 14.5. The Balaban J connectivity index is 2.11. The fraction of sp³-hybridized carbons (Fsp3) is 0.143. The highest BCUT2D eigenvalue weighted by Gasteiger charge is 2.07. The van der Waals surface area contributed by atoms with Gasteiger partial charge in [-0.25, -0.2) is 0 Å². The van der Waals surface area contributed by atoms with Crippen molar-refractivity contribution in [2.24, 2.45) is 0 Å². The predicted molar refractivity (Wildman–Crippen MR) is 74.1 cm³/mol. The quantitative estimate of drug-likeness (QED) is 0.917. The molecule has 6 heteroatoms. The molecule has 0 aliphatic carbocycles. The summed E-state index contributed by atoms with van der Waals surface area (Å²) < 4.78 is 6.50. The molecule has 0 aliphatic rings. The number of benzene rings is 1. The highest BCUT2D eigenvalue weighted by atomic mass is 35.5. The molecule has 0 atom stereocenters. The van der Waals surface area contributed by atoms with Crippen molar-refractivity contribution in [1.29, 1.82) is 0 Å². The summed E-state index contributed by atoms with van der Waals surface area (Å²) in [5, 5.41) is 9.33. The van der Waals surface area contributed by atoms with Gasteiger partial charge in [0, 0.05) is 11.2 Å². The maximum atomic E-state index is 11.9. The first-order valence-electron chi connectivity index (χ1n) is 5.85. The Morgan fingerprint density at radius 1 is 1.25 bits per heavy atom. The van der Waals surface area contributed by atoms with Gasteiger partial charge in [-0.3, -0.25) is 9.59 Å². The summed E-state index contributed by atoms with van der Waals surface area (Å²) in [6.45, 7) is -0.180. The highest BCUT2D eigenvalue weighted by molar-refractivity contribution is 6.30. The maximum Gasteiger partial charge on any atom is 0.323 e. The molecule has 0 spiro atoms. The van der Waals surface area contributed by atoms with Gasteiger partial charge in [0.25, 0.3) is 5.56 Å². The Morgan fingerprint density at radius 3 is 2.60 bits per heavy atom. The molecule has 0 saturated heterocycles. The number of halogens is 1. The average Bonchev–Trinajstić information content (AvgIpc) is 2.41. The van der Waals surface area contributed by atoms with Crippen LogP contribution < -0.4 is 10.3 Å². The van der Waals surface area contributed by atoms with E-state index < -0.39 is 18.1 Å². The van der Waals surface area contributed by atoms with E-state index in [4.69, 9.17) is 21.4 Å². The zero-order valence-corrected chi connectivity index (χ0v) is 11.2. The van der Waals surface area contributed by atoms with E-state index >= 15 is 0 Å². The molecule has 0 amide bonds. The van der Waals surface area contributed by atoms with Crippen molar-refractivity contribution < 1.29 is 14.6 Å². The molecular formula is C14H12ClNO4. The SMILES string of the molecule is O=C(O)Cn1cccc(OCc2ccc(Cl)cc2)c1=O. The van der Waals surface area contributed by atoms with E-state index in [0.29, 0.717) is 5.02 Å². The summed E-state index contributed by atoms with van der Waals surface area (Å²) in [5.74, 6) is -0.967. The summed E-state index contributed by atoms with van der Waals surface area (Å²) in [6, 6.07) is 10.1. The van der Waals surface area contributed by atoms with Crippen molar-refractivity contribution in [1.82, 2.24) is 4.57 Å². The summed E-state index contributed by atoms with van der Waals surface area (Å²) in [4.78, 5) is 22.6. The molecule has 5 nitrogen and oxygen atoms in total. The summed E-state index contributed by atoms with van der Waals surface area (Å²) in [6.07, 6.45) is 1.41. The predicted octanol–water partition coefficient (Wildman–Crippen LogP) is 2.17. The van der Waals surface area contributed by atoms with Gasteiger partial charge in [-0.1, -0.05) is 23.7 Å². The lowest BCUT2D eigenvalue weighted by Gasteiger charge is -2.08. The minimum absolute atomic E-state index is 0.115. The molecule has 0 fully saturated rings. The Morgan fingerprint density at radius 2 is 1.95 bits per heavy atom. The number of hydrogen-bond acceptors (Lipinski definition) is 3. The fourth-order valence-corrected chi connectivity index (χ4v) is 1.76. The van der Waals surface area contributed by atoms with Gasteiger partial charge in [0.05, 0.1) is 0 Å². The van der Waals surface area contributed by atoms with Crippen molar-refractivity contribution >= 4 is 17.6 Å². The molecule has 0 radical (unpaired) electrons.